The molecule has 0 aliphatic heterocycles. The third kappa shape index (κ3) is 4.79. The number of aryl methyl sites for hydroxylation is 1. The maximum Gasteiger partial charge on any atom is 0.317 e. The van der Waals surface area contributed by atoms with Crippen molar-refractivity contribution < 1.29 is 8.42 Å². The Labute approximate surface area is 103 Å². The molecular weight excluding hydrogens is 269 g/mol. The number of benzene rings is 1. The predicted octanol–water partition coefficient (Wildman–Crippen LogP) is 3.25. The Bertz CT molecular complexity index is 571. The fourth-order valence-corrected chi connectivity index (χ4v) is 1.26. The van der Waals surface area contributed by atoms with Crippen LogP contribution in [0.4, 0.5) is 0 Å². The molecule has 0 radical (unpaired) electrons. The Morgan fingerprint density at radius 1 is 1.12 bits per heavy atom. The average Bonchev–Trinajstić information content (AvgIpc) is 2.16. The van der Waals surface area contributed by atoms with Crippen LogP contribution in [0.2, 0.25) is 0 Å². The van der Waals surface area contributed by atoms with Crippen molar-refractivity contribution in [3.8, 4) is 0 Å². The minimum atomic E-state index is -3.72. The van der Waals surface area contributed by atoms with Gasteiger partial charge in [-0.3, -0.25) is 4.98 Å². The largest absolute Gasteiger partial charge is 0.317 e. The molecule has 0 fully saturated rings. The molecule has 6 heteroatoms. The lowest BCUT2D eigenvalue weighted by atomic mass is 10.1. The summed E-state index contributed by atoms with van der Waals surface area (Å²) in [6.07, 6.45) is 1.83. The summed E-state index contributed by atoms with van der Waals surface area (Å²) in [6, 6.07) is 10.3. The summed E-state index contributed by atoms with van der Waals surface area (Å²) in [7, 11) is 4.81. The molecule has 1 aromatic heterocycles. The molecule has 1 aromatic carbocycles. The van der Waals surface area contributed by atoms with Crippen molar-refractivity contribution in [3.63, 3.8) is 0 Å². The Hall–Kier alpha value is -0.840. The Morgan fingerprint density at radius 2 is 1.69 bits per heavy atom. The summed E-state index contributed by atoms with van der Waals surface area (Å²) in [4.78, 5) is 4.28. The quantitative estimate of drug-likeness (QED) is 0.695. The molecule has 2 aromatic rings. The van der Waals surface area contributed by atoms with E-state index in [0.717, 1.165) is 5.52 Å². The van der Waals surface area contributed by atoms with E-state index < -0.39 is 8.26 Å². The number of nitrogens with zero attached hydrogens (tertiary/aromatic N) is 1. The molecule has 0 aliphatic rings. The Kier molecular flexibility index (Phi) is 4.53. The molecule has 0 bridgehead atoms. The van der Waals surface area contributed by atoms with Gasteiger partial charge in [0, 0.05) is 32.9 Å². The molecular formula is C10H9Cl2NO2S. The second-order valence-corrected chi connectivity index (χ2v) is 6.70. The van der Waals surface area contributed by atoms with Gasteiger partial charge in [0.05, 0.1) is 5.52 Å². The maximum absolute atomic E-state index is 9.16. The van der Waals surface area contributed by atoms with Gasteiger partial charge in [0.2, 0.25) is 0 Å². The standard InChI is InChI=1S/C10H9N.Cl2O2S/c1-8-4-2-5-9-6-3-7-11-10(8)9;1-5(2,3)4/h2-7H,1H3;. The highest BCUT2D eigenvalue weighted by atomic mass is 36.0. The molecule has 3 nitrogen and oxygen atoms in total. The van der Waals surface area contributed by atoms with Crippen molar-refractivity contribution in [2.24, 2.45) is 0 Å². The van der Waals surface area contributed by atoms with Gasteiger partial charge in [0.25, 0.3) is 0 Å². The van der Waals surface area contributed by atoms with E-state index in [1.54, 1.807) is 0 Å². The number of fused-ring (bicyclic) bond motifs is 1. The van der Waals surface area contributed by atoms with Crippen LogP contribution >= 0.6 is 21.4 Å². The number of rotatable bonds is 0. The van der Waals surface area contributed by atoms with Crippen LogP contribution in [0, 0.1) is 6.92 Å². The van der Waals surface area contributed by atoms with Crippen molar-refractivity contribution in [1.82, 2.24) is 4.98 Å². The fraction of sp³-hybridized carbons (Fsp3) is 0.100. The first kappa shape index (κ1) is 13.2. The van der Waals surface area contributed by atoms with Crippen molar-refractivity contribution in [2.75, 3.05) is 0 Å². The third-order valence-electron chi connectivity index (χ3n) is 1.83. The summed E-state index contributed by atoms with van der Waals surface area (Å²) in [5.41, 5.74) is 2.35. The number of hydrogen-bond acceptors (Lipinski definition) is 3. The second-order valence-electron chi connectivity index (χ2n) is 3.03. The number of hydrogen-bond donors (Lipinski definition) is 0. The Balaban J connectivity index is 0.000000221. The minimum Gasteiger partial charge on any atom is -0.256 e. The van der Waals surface area contributed by atoms with E-state index in [4.69, 9.17) is 8.42 Å². The molecule has 1 heterocycles. The van der Waals surface area contributed by atoms with Crippen molar-refractivity contribution in [3.05, 3.63) is 42.1 Å². The van der Waals surface area contributed by atoms with Gasteiger partial charge in [-0.05, 0) is 18.6 Å². The van der Waals surface area contributed by atoms with Gasteiger partial charge in [-0.25, -0.2) is 0 Å². The maximum atomic E-state index is 9.16. The van der Waals surface area contributed by atoms with Crippen LogP contribution in [-0.2, 0) is 8.26 Å². The predicted molar refractivity (Wildman–Crippen MR) is 67.1 cm³/mol. The average molecular weight is 278 g/mol. The normalized spacial score (nSPS) is 10.7. The molecule has 0 spiro atoms. The van der Waals surface area contributed by atoms with Gasteiger partial charge in [0.15, 0.2) is 0 Å². The molecule has 0 saturated carbocycles. The molecule has 0 aliphatic carbocycles. The first-order valence-electron chi connectivity index (χ1n) is 4.32. The summed E-state index contributed by atoms with van der Waals surface area (Å²) < 4.78 is 18.3. The van der Waals surface area contributed by atoms with Crippen molar-refractivity contribution >= 4 is 40.5 Å². The van der Waals surface area contributed by atoms with E-state index in [1.807, 2.05) is 12.3 Å². The van der Waals surface area contributed by atoms with Gasteiger partial charge >= 0.3 is 8.26 Å². The lowest BCUT2D eigenvalue weighted by molar-refractivity contribution is 0.621. The van der Waals surface area contributed by atoms with Gasteiger partial charge in [0.1, 0.15) is 0 Å². The van der Waals surface area contributed by atoms with Crippen LogP contribution in [-0.4, -0.2) is 13.4 Å². The van der Waals surface area contributed by atoms with Crippen LogP contribution in [0.5, 0.6) is 0 Å². The molecule has 16 heavy (non-hydrogen) atoms. The summed E-state index contributed by atoms with van der Waals surface area (Å²) in [6.45, 7) is 2.08. The van der Waals surface area contributed by atoms with Gasteiger partial charge in [-0.1, -0.05) is 24.3 Å². The summed E-state index contributed by atoms with van der Waals surface area (Å²) >= 11 is 0. The first-order valence-corrected chi connectivity index (χ1v) is 7.46. The smallest absolute Gasteiger partial charge is 0.256 e. The van der Waals surface area contributed by atoms with Crippen LogP contribution in [0.25, 0.3) is 10.9 Å². The molecule has 0 unspecified atom stereocenters. The second kappa shape index (κ2) is 5.48. The minimum absolute atomic E-state index is 1.11. The molecule has 2 rings (SSSR count). The number of pyridine rings is 1. The molecule has 86 valence electrons. The highest BCUT2D eigenvalue weighted by molar-refractivity contribution is 8.31. The molecule has 0 saturated heterocycles. The third-order valence-corrected chi connectivity index (χ3v) is 1.83. The van der Waals surface area contributed by atoms with Gasteiger partial charge in [-0.2, -0.15) is 8.42 Å². The van der Waals surface area contributed by atoms with E-state index in [0.29, 0.717) is 0 Å². The zero-order chi connectivity index (χ0) is 12.2. The zero-order valence-electron chi connectivity index (χ0n) is 8.39. The number of para-hydroxylation sites is 1. The summed E-state index contributed by atoms with van der Waals surface area (Å²) in [5, 5.41) is 1.22. The molecule has 0 atom stereocenters. The van der Waals surface area contributed by atoms with Crippen molar-refractivity contribution in [1.29, 1.82) is 0 Å². The van der Waals surface area contributed by atoms with E-state index in [9.17, 15) is 0 Å². The summed E-state index contributed by atoms with van der Waals surface area (Å²) in [5.74, 6) is 0. The van der Waals surface area contributed by atoms with E-state index in [1.165, 1.54) is 10.9 Å². The number of halogens is 2. The lowest BCUT2D eigenvalue weighted by Gasteiger charge is -1.97. The van der Waals surface area contributed by atoms with E-state index in [2.05, 4.69) is 57.5 Å². The van der Waals surface area contributed by atoms with E-state index >= 15 is 0 Å². The highest BCUT2D eigenvalue weighted by Gasteiger charge is 1.93. The topological polar surface area (TPSA) is 47.0 Å². The van der Waals surface area contributed by atoms with Crippen LogP contribution in [0.1, 0.15) is 5.56 Å². The monoisotopic (exact) mass is 277 g/mol. The number of aromatic nitrogens is 1. The van der Waals surface area contributed by atoms with Crippen LogP contribution in [0.15, 0.2) is 36.5 Å². The highest BCUT2D eigenvalue weighted by Crippen LogP contribution is 2.13. The molecule has 0 N–H and O–H groups in total. The van der Waals surface area contributed by atoms with Gasteiger partial charge < -0.3 is 0 Å². The Morgan fingerprint density at radius 3 is 2.25 bits per heavy atom. The fourth-order valence-electron chi connectivity index (χ4n) is 1.26. The molecule has 0 amide bonds. The van der Waals surface area contributed by atoms with Crippen molar-refractivity contribution in [2.45, 2.75) is 6.92 Å². The lowest BCUT2D eigenvalue weighted by Crippen LogP contribution is -1.80. The SMILES string of the molecule is Cc1cccc2cccnc12.O=S(=O)(Cl)Cl. The van der Waals surface area contributed by atoms with Gasteiger partial charge in [-0.15, -0.1) is 0 Å². The van der Waals surface area contributed by atoms with Crippen LogP contribution in [0.3, 0.4) is 0 Å². The van der Waals surface area contributed by atoms with E-state index in [-0.39, 0.29) is 0 Å². The zero-order valence-corrected chi connectivity index (χ0v) is 10.7. The first-order chi connectivity index (χ1) is 7.38. The van der Waals surface area contributed by atoms with Crippen LogP contribution < -0.4 is 0 Å².